The normalized spacial score (nSPS) is 33.0. The van der Waals surface area contributed by atoms with Gasteiger partial charge in [0.1, 0.15) is 12.4 Å². The zero-order valence-electron chi connectivity index (χ0n) is 13.8. The van der Waals surface area contributed by atoms with Crippen LogP contribution in [0.3, 0.4) is 0 Å². The van der Waals surface area contributed by atoms with E-state index in [-0.39, 0.29) is 12.6 Å². The van der Waals surface area contributed by atoms with Gasteiger partial charge in [-0.15, -0.1) is 0 Å². The van der Waals surface area contributed by atoms with Gasteiger partial charge >= 0.3 is 0 Å². The highest BCUT2D eigenvalue weighted by Crippen LogP contribution is 2.32. The summed E-state index contributed by atoms with van der Waals surface area (Å²) in [5.41, 5.74) is 1.12. The molecule has 2 fully saturated rings. The summed E-state index contributed by atoms with van der Waals surface area (Å²) in [4.78, 5) is 12.9. The van der Waals surface area contributed by atoms with Crippen molar-refractivity contribution in [2.75, 3.05) is 11.9 Å². The van der Waals surface area contributed by atoms with E-state index in [2.05, 4.69) is 20.3 Å². The molecule has 1 saturated carbocycles. The summed E-state index contributed by atoms with van der Waals surface area (Å²) >= 11 is 0. The van der Waals surface area contributed by atoms with Gasteiger partial charge in [0.2, 0.25) is 0 Å². The Morgan fingerprint density at radius 3 is 2.76 bits per heavy atom. The molecule has 9 heteroatoms. The summed E-state index contributed by atoms with van der Waals surface area (Å²) in [6.45, 7) is -0.137. The average Bonchev–Trinajstić information content (AvgIpc) is 3.20. The molecule has 25 heavy (non-hydrogen) atoms. The SMILES string of the molecule is OC[C@@H]1C[C@@H](O)[C@H](n2cnc3c(NC4CCCCC4O)ncnc32)O1. The van der Waals surface area contributed by atoms with Crippen molar-refractivity contribution in [2.45, 2.75) is 62.7 Å². The van der Waals surface area contributed by atoms with Crippen molar-refractivity contribution in [1.82, 2.24) is 19.5 Å². The predicted molar refractivity (Wildman–Crippen MR) is 88.8 cm³/mol. The van der Waals surface area contributed by atoms with E-state index >= 15 is 0 Å². The molecule has 0 radical (unpaired) electrons. The van der Waals surface area contributed by atoms with Gasteiger partial charge in [0, 0.05) is 6.42 Å². The highest BCUT2D eigenvalue weighted by molar-refractivity contribution is 5.82. The summed E-state index contributed by atoms with van der Waals surface area (Å²) in [5.74, 6) is 0.570. The number of aromatic nitrogens is 4. The number of anilines is 1. The standard InChI is InChI=1S/C16H23N5O4/c22-6-9-5-12(24)16(25-9)21-8-19-13-14(17-7-18-15(13)21)20-10-3-1-2-4-11(10)23/h7-12,16,22-24H,1-6H2,(H,17,18,20)/t9-,10?,11?,12+,16+/m0/s1. The maximum atomic E-state index is 10.2. The van der Waals surface area contributed by atoms with E-state index in [1.165, 1.54) is 6.33 Å². The zero-order chi connectivity index (χ0) is 17.4. The molecule has 1 saturated heterocycles. The first-order chi connectivity index (χ1) is 12.2. The van der Waals surface area contributed by atoms with Crippen molar-refractivity contribution in [3.8, 4) is 0 Å². The lowest BCUT2D eigenvalue weighted by atomic mass is 9.92. The van der Waals surface area contributed by atoms with Gasteiger partial charge in [-0.1, -0.05) is 12.8 Å². The van der Waals surface area contributed by atoms with E-state index < -0.39 is 24.5 Å². The maximum absolute atomic E-state index is 10.2. The molecular formula is C16H23N5O4. The minimum Gasteiger partial charge on any atom is -0.394 e. The lowest BCUT2D eigenvalue weighted by Crippen LogP contribution is -2.36. The van der Waals surface area contributed by atoms with Crippen molar-refractivity contribution >= 4 is 17.0 Å². The summed E-state index contributed by atoms with van der Waals surface area (Å²) in [7, 11) is 0. The summed E-state index contributed by atoms with van der Waals surface area (Å²) in [6, 6.07) is -0.0518. The first-order valence-corrected chi connectivity index (χ1v) is 8.74. The van der Waals surface area contributed by atoms with Crippen LogP contribution in [0.4, 0.5) is 5.82 Å². The van der Waals surface area contributed by atoms with E-state index in [0.717, 1.165) is 25.7 Å². The average molecular weight is 349 g/mol. The van der Waals surface area contributed by atoms with Gasteiger partial charge in [0.25, 0.3) is 0 Å². The van der Waals surface area contributed by atoms with Crippen LogP contribution in [0, 0.1) is 0 Å². The molecule has 4 rings (SSSR count). The number of nitrogens with zero attached hydrogens (tertiary/aromatic N) is 4. The number of imidazole rings is 1. The zero-order valence-corrected chi connectivity index (χ0v) is 13.8. The number of ether oxygens (including phenoxy) is 1. The number of nitrogens with one attached hydrogen (secondary N) is 1. The summed E-state index contributed by atoms with van der Waals surface area (Å²) < 4.78 is 7.35. The van der Waals surface area contributed by atoms with Crippen molar-refractivity contribution < 1.29 is 20.1 Å². The van der Waals surface area contributed by atoms with Crippen LogP contribution in [0.25, 0.3) is 11.2 Å². The van der Waals surface area contributed by atoms with E-state index in [1.54, 1.807) is 10.9 Å². The molecule has 0 bridgehead atoms. The molecule has 3 heterocycles. The van der Waals surface area contributed by atoms with E-state index in [4.69, 9.17) is 4.74 Å². The fourth-order valence-corrected chi connectivity index (χ4v) is 3.70. The molecule has 9 nitrogen and oxygen atoms in total. The van der Waals surface area contributed by atoms with Crippen molar-refractivity contribution in [2.24, 2.45) is 0 Å². The van der Waals surface area contributed by atoms with Gasteiger partial charge in [-0.25, -0.2) is 15.0 Å². The third-order valence-corrected chi connectivity index (χ3v) is 5.05. The third-order valence-electron chi connectivity index (χ3n) is 5.05. The highest BCUT2D eigenvalue weighted by atomic mass is 16.5. The molecule has 2 aliphatic rings. The van der Waals surface area contributed by atoms with E-state index in [1.807, 2.05) is 0 Å². The lowest BCUT2D eigenvalue weighted by molar-refractivity contribution is -0.0486. The maximum Gasteiger partial charge on any atom is 0.167 e. The van der Waals surface area contributed by atoms with Crippen LogP contribution in [0.1, 0.15) is 38.3 Å². The van der Waals surface area contributed by atoms with E-state index in [9.17, 15) is 15.3 Å². The first-order valence-electron chi connectivity index (χ1n) is 8.74. The summed E-state index contributed by atoms with van der Waals surface area (Å²) in [6.07, 6.45) is 4.98. The first kappa shape index (κ1) is 16.6. The smallest absolute Gasteiger partial charge is 0.167 e. The number of hydrogen-bond donors (Lipinski definition) is 4. The summed E-state index contributed by atoms with van der Waals surface area (Å²) in [5, 5.41) is 32.9. The minimum atomic E-state index is -0.735. The van der Waals surface area contributed by atoms with Gasteiger partial charge in [-0.3, -0.25) is 4.57 Å². The van der Waals surface area contributed by atoms with Gasteiger partial charge in [0.05, 0.1) is 31.2 Å². The molecule has 2 aromatic heterocycles. The van der Waals surface area contributed by atoms with Crippen molar-refractivity contribution in [1.29, 1.82) is 0 Å². The topological polar surface area (TPSA) is 126 Å². The van der Waals surface area contributed by atoms with Gasteiger partial charge < -0.3 is 25.4 Å². The number of aliphatic hydroxyl groups is 3. The fraction of sp³-hybridized carbons (Fsp3) is 0.688. The second kappa shape index (κ2) is 6.83. The largest absolute Gasteiger partial charge is 0.394 e. The number of hydrogen-bond acceptors (Lipinski definition) is 8. The van der Waals surface area contributed by atoms with Gasteiger partial charge in [0.15, 0.2) is 23.2 Å². The Balaban J connectivity index is 1.62. The fourth-order valence-electron chi connectivity index (χ4n) is 3.70. The van der Waals surface area contributed by atoms with E-state index in [0.29, 0.717) is 23.4 Å². The molecule has 2 aromatic rings. The molecule has 2 unspecified atom stereocenters. The van der Waals surface area contributed by atoms with Crippen LogP contribution in [-0.2, 0) is 4.74 Å². The van der Waals surface area contributed by atoms with Crippen LogP contribution in [0.15, 0.2) is 12.7 Å². The molecule has 5 atom stereocenters. The Kier molecular flexibility index (Phi) is 4.55. The molecule has 1 aliphatic heterocycles. The highest BCUT2D eigenvalue weighted by Gasteiger charge is 2.36. The Morgan fingerprint density at radius 2 is 2.00 bits per heavy atom. The van der Waals surface area contributed by atoms with Crippen LogP contribution >= 0.6 is 0 Å². The molecular weight excluding hydrogens is 326 g/mol. The van der Waals surface area contributed by atoms with Gasteiger partial charge in [-0.05, 0) is 12.8 Å². The third kappa shape index (κ3) is 3.08. The Morgan fingerprint density at radius 1 is 1.16 bits per heavy atom. The monoisotopic (exact) mass is 349 g/mol. The van der Waals surface area contributed by atoms with Gasteiger partial charge in [-0.2, -0.15) is 0 Å². The quantitative estimate of drug-likeness (QED) is 0.616. The minimum absolute atomic E-state index is 0.0518. The molecule has 0 spiro atoms. The van der Waals surface area contributed by atoms with Crippen LogP contribution in [0.2, 0.25) is 0 Å². The second-order valence-electron chi connectivity index (χ2n) is 6.78. The number of rotatable bonds is 4. The number of aliphatic hydroxyl groups excluding tert-OH is 3. The van der Waals surface area contributed by atoms with Crippen molar-refractivity contribution in [3.05, 3.63) is 12.7 Å². The Hall–Kier alpha value is -1.81. The Labute approximate surface area is 144 Å². The lowest BCUT2D eigenvalue weighted by Gasteiger charge is -2.28. The molecule has 136 valence electrons. The number of fused-ring (bicyclic) bond motifs is 1. The Bertz CT molecular complexity index is 738. The molecule has 1 aliphatic carbocycles. The predicted octanol–water partition coefficient (Wildman–Crippen LogP) is 0.182. The van der Waals surface area contributed by atoms with Crippen LogP contribution < -0.4 is 5.32 Å². The second-order valence-corrected chi connectivity index (χ2v) is 6.78. The molecule has 0 aromatic carbocycles. The molecule has 4 N–H and O–H groups in total. The van der Waals surface area contributed by atoms with Crippen molar-refractivity contribution in [3.63, 3.8) is 0 Å². The van der Waals surface area contributed by atoms with Crippen LogP contribution in [0.5, 0.6) is 0 Å². The van der Waals surface area contributed by atoms with Crippen LogP contribution in [-0.4, -0.2) is 65.8 Å². The molecule has 0 amide bonds.